The standard InChI is InChI=1S/C20H23N3O/c1-22-17(11-14-5-3-2-4-6-14)13-19(20(22)24)23-10-9-15-12-16(21)7-8-18(15)23/h2-8,12,17,19H,9-11,13,21H2,1H3/t17-,19?/m0/s1. The van der Waals surface area contributed by atoms with E-state index in [0.29, 0.717) is 0 Å². The second kappa shape index (κ2) is 5.86. The lowest BCUT2D eigenvalue weighted by molar-refractivity contribution is -0.128. The second-order valence-corrected chi connectivity index (χ2v) is 6.88. The molecule has 4 rings (SSSR count). The molecule has 1 amide bonds. The van der Waals surface area contributed by atoms with Crippen LogP contribution >= 0.6 is 0 Å². The molecular weight excluding hydrogens is 298 g/mol. The molecule has 24 heavy (non-hydrogen) atoms. The van der Waals surface area contributed by atoms with Crippen molar-refractivity contribution in [3.63, 3.8) is 0 Å². The summed E-state index contributed by atoms with van der Waals surface area (Å²) in [7, 11) is 1.94. The third-order valence-electron chi connectivity index (χ3n) is 5.40. The highest BCUT2D eigenvalue weighted by Crippen LogP contribution is 2.35. The van der Waals surface area contributed by atoms with E-state index in [2.05, 4.69) is 35.2 Å². The Hall–Kier alpha value is -2.49. The number of benzene rings is 2. The van der Waals surface area contributed by atoms with Crippen molar-refractivity contribution in [1.82, 2.24) is 4.90 Å². The molecule has 2 aromatic carbocycles. The quantitative estimate of drug-likeness (QED) is 0.884. The Morgan fingerprint density at radius 1 is 1.17 bits per heavy atom. The van der Waals surface area contributed by atoms with E-state index in [0.717, 1.165) is 31.5 Å². The number of nitrogens with zero attached hydrogens (tertiary/aromatic N) is 2. The van der Waals surface area contributed by atoms with Crippen molar-refractivity contribution in [2.75, 3.05) is 24.2 Å². The molecule has 2 atom stereocenters. The van der Waals surface area contributed by atoms with Gasteiger partial charge in [0.2, 0.25) is 5.91 Å². The number of nitrogen functional groups attached to an aromatic ring is 1. The summed E-state index contributed by atoms with van der Waals surface area (Å²) in [5.74, 6) is 0.237. The summed E-state index contributed by atoms with van der Waals surface area (Å²) < 4.78 is 0. The summed E-state index contributed by atoms with van der Waals surface area (Å²) >= 11 is 0. The van der Waals surface area contributed by atoms with E-state index in [1.54, 1.807) is 0 Å². The van der Waals surface area contributed by atoms with Crippen molar-refractivity contribution in [2.24, 2.45) is 0 Å². The van der Waals surface area contributed by atoms with Crippen molar-refractivity contribution >= 4 is 17.3 Å². The molecule has 0 spiro atoms. The van der Waals surface area contributed by atoms with Gasteiger partial charge in [-0.05, 0) is 48.6 Å². The third kappa shape index (κ3) is 2.52. The van der Waals surface area contributed by atoms with Crippen LogP contribution in [-0.4, -0.2) is 36.5 Å². The molecule has 2 heterocycles. The number of amides is 1. The van der Waals surface area contributed by atoms with Gasteiger partial charge in [-0.2, -0.15) is 0 Å². The summed E-state index contributed by atoms with van der Waals surface area (Å²) in [6, 6.07) is 16.7. The maximum atomic E-state index is 12.8. The van der Waals surface area contributed by atoms with Crippen LogP contribution < -0.4 is 10.6 Å². The number of rotatable bonds is 3. The minimum Gasteiger partial charge on any atom is -0.399 e. The van der Waals surface area contributed by atoms with E-state index >= 15 is 0 Å². The lowest BCUT2D eigenvalue weighted by atomic mass is 10.0. The van der Waals surface area contributed by atoms with Crippen LogP contribution in [0, 0.1) is 0 Å². The van der Waals surface area contributed by atoms with Crippen LogP contribution in [0.25, 0.3) is 0 Å². The molecule has 0 aromatic heterocycles. The van der Waals surface area contributed by atoms with E-state index in [4.69, 9.17) is 5.73 Å². The number of likely N-dealkylation sites (N-methyl/N-ethyl adjacent to an activating group) is 1. The minimum atomic E-state index is -0.0476. The molecule has 2 aliphatic rings. The van der Waals surface area contributed by atoms with Crippen molar-refractivity contribution in [3.8, 4) is 0 Å². The van der Waals surface area contributed by atoms with Crippen LogP contribution in [0.1, 0.15) is 17.5 Å². The zero-order valence-electron chi connectivity index (χ0n) is 14.0. The number of hydrogen-bond acceptors (Lipinski definition) is 3. The van der Waals surface area contributed by atoms with Crippen LogP contribution in [0.4, 0.5) is 11.4 Å². The van der Waals surface area contributed by atoms with Crippen LogP contribution in [0.15, 0.2) is 48.5 Å². The van der Waals surface area contributed by atoms with Gasteiger partial charge in [0.05, 0.1) is 0 Å². The monoisotopic (exact) mass is 321 g/mol. The summed E-state index contributed by atoms with van der Waals surface area (Å²) in [5.41, 5.74) is 10.4. The number of carbonyl (C=O) groups excluding carboxylic acids is 1. The Bertz CT molecular complexity index is 759. The number of anilines is 2. The van der Waals surface area contributed by atoms with Gasteiger partial charge in [0, 0.05) is 31.0 Å². The van der Waals surface area contributed by atoms with Crippen molar-refractivity contribution < 1.29 is 4.79 Å². The highest BCUT2D eigenvalue weighted by atomic mass is 16.2. The fraction of sp³-hybridized carbons (Fsp3) is 0.350. The van der Waals surface area contributed by atoms with Crippen molar-refractivity contribution in [1.29, 1.82) is 0 Å². The van der Waals surface area contributed by atoms with E-state index in [1.165, 1.54) is 16.8 Å². The van der Waals surface area contributed by atoms with E-state index in [1.807, 2.05) is 30.1 Å². The normalized spacial score (nSPS) is 23.0. The van der Waals surface area contributed by atoms with Crippen molar-refractivity contribution in [3.05, 3.63) is 59.7 Å². The van der Waals surface area contributed by atoms with Gasteiger partial charge >= 0.3 is 0 Å². The van der Waals surface area contributed by atoms with Gasteiger partial charge in [-0.25, -0.2) is 0 Å². The van der Waals surface area contributed by atoms with Crippen molar-refractivity contribution in [2.45, 2.75) is 31.3 Å². The summed E-state index contributed by atoms with van der Waals surface area (Å²) in [5, 5.41) is 0. The number of likely N-dealkylation sites (tertiary alicyclic amines) is 1. The van der Waals surface area contributed by atoms with Gasteiger partial charge in [0.1, 0.15) is 6.04 Å². The van der Waals surface area contributed by atoms with Gasteiger partial charge < -0.3 is 15.5 Å². The Morgan fingerprint density at radius 3 is 2.75 bits per heavy atom. The Balaban J connectivity index is 1.55. The smallest absolute Gasteiger partial charge is 0.245 e. The molecule has 0 radical (unpaired) electrons. The van der Waals surface area contributed by atoms with Crippen LogP contribution in [0.3, 0.4) is 0 Å². The average Bonchev–Trinajstić information content (AvgIpc) is 3.11. The fourth-order valence-corrected chi connectivity index (χ4v) is 4.07. The molecule has 1 saturated heterocycles. The average molecular weight is 321 g/mol. The number of carbonyl (C=O) groups is 1. The topological polar surface area (TPSA) is 49.6 Å². The summed E-state index contributed by atoms with van der Waals surface area (Å²) in [6.45, 7) is 0.904. The molecule has 4 nitrogen and oxygen atoms in total. The Kier molecular flexibility index (Phi) is 3.68. The zero-order valence-corrected chi connectivity index (χ0v) is 14.0. The zero-order chi connectivity index (χ0) is 16.7. The van der Waals surface area contributed by atoms with E-state index in [-0.39, 0.29) is 18.0 Å². The molecule has 1 fully saturated rings. The van der Waals surface area contributed by atoms with E-state index in [9.17, 15) is 4.79 Å². The SMILES string of the molecule is CN1C(=O)C(N2CCc3cc(N)ccc32)C[C@@H]1Cc1ccccc1. The number of hydrogen-bond donors (Lipinski definition) is 1. The Labute approximate surface area is 142 Å². The second-order valence-electron chi connectivity index (χ2n) is 6.88. The maximum Gasteiger partial charge on any atom is 0.245 e. The first-order chi connectivity index (χ1) is 11.6. The molecule has 0 bridgehead atoms. The minimum absolute atomic E-state index is 0.0476. The number of fused-ring (bicyclic) bond motifs is 1. The molecule has 124 valence electrons. The predicted molar refractivity (Wildman–Crippen MR) is 97.0 cm³/mol. The first-order valence-corrected chi connectivity index (χ1v) is 8.59. The van der Waals surface area contributed by atoms with Gasteiger partial charge in [0.15, 0.2) is 0 Å². The lowest BCUT2D eigenvalue weighted by Crippen LogP contribution is -2.40. The van der Waals surface area contributed by atoms with Gasteiger partial charge in [-0.15, -0.1) is 0 Å². The summed E-state index contributed by atoms with van der Waals surface area (Å²) in [6.07, 6.45) is 2.77. The number of nitrogens with two attached hydrogens (primary N) is 1. The third-order valence-corrected chi connectivity index (χ3v) is 5.40. The largest absolute Gasteiger partial charge is 0.399 e. The molecule has 2 N–H and O–H groups in total. The molecule has 0 aliphatic carbocycles. The fourth-order valence-electron chi connectivity index (χ4n) is 4.07. The van der Waals surface area contributed by atoms with Crippen LogP contribution in [0.2, 0.25) is 0 Å². The molecular formula is C20H23N3O. The lowest BCUT2D eigenvalue weighted by Gasteiger charge is -2.25. The first kappa shape index (κ1) is 15.1. The van der Waals surface area contributed by atoms with Crippen LogP contribution in [-0.2, 0) is 17.6 Å². The predicted octanol–water partition coefficient (Wildman–Crippen LogP) is 2.47. The van der Waals surface area contributed by atoms with E-state index < -0.39 is 0 Å². The first-order valence-electron chi connectivity index (χ1n) is 8.59. The van der Waals surface area contributed by atoms with Gasteiger partial charge in [-0.1, -0.05) is 30.3 Å². The molecule has 0 saturated carbocycles. The Morgan fingerprint density at radius 2 is 1.96 bits per heavy atom. The molecule has 2 aliphatic heterocycles. The summed E-state index contributed by atoms with van der Waals surface area (Å²) in [4.78, 5) is 17.0. The highest BCUT2D eigenvalue weighted by Gasteiger charge is 2.42. The molecule has 4 heteroatoms. The van der Waals surface area contributed by atoms with Crippen LogP contribution in [0.5, 0.6) is 0 Å². The molecule has 2 aromatic rings. The van der Waals surface area contributed by atoms with Gasteiger partial charge in [-0.3, -0.25) is 4.79 Å². The maximum absolute atomic E-state index is 12.8. The van der Waals surface area contributed by atoms with Gasteiger partial charge in [0.25, 0.3) is 0 Å². The highest BCUT2D eigenvalue weighted by molar-refractivity contribution is 5.88. The molecule has 1 unspecified atom stereocenters.